The molecule has 35 heavy (non-hydrogen) atoms. The normalized spacial score (nSPS) is 17.5. The molecular weight excluding hydrogens is 455 g/mol. The summed E-state index contributed by atoms with van der Waals surface area (Å²) in [5.41, 5.74) is 0.630. The highest BCUT2D eigenvalue weighted by molar-refractivity contribution is 5.95. The van der Waals surface area contributed by atoms with Gasteiger partial charge in [0, 0.05) is 38.8 Å². The fourth-order valence-corrected chi connectivity index (χ4v) is 4.57. The van der Waals surface area contributed by atoms with E-state index in [1.165, 1.54) is 5.56 Å². The maximum Gasteiger partial charge on any atom is 0.434 e. The molecule has 0 bridgehead atoms. The largest absolute Gasteiger partial charge is 0.434 e. The van der Waals surface area contributed by atoms with E-state index in [4.69, 9.17) is 0 Å². The quantitative estimate of drug-likeness (QED) is 0.507. The summed E-state index contributed by atoms with van der Waals surface area (Å²) in [5.74, 6) is -0.768. The zero-order valence-corrected chi connectivity index (χ0v) is 19.9. The molecule has 2 aromatic carbocycles. The number of para-hydroxylation sites is 1. The lowest BCUT2D eigenvalue weighted by molar-refractivity contribution is -0.143. The van der Waals surface area contributed by atoms with Gasteiger partial charge >= 0.3 is 6.18 Å². The highest BCUT2D eigenvalue weighted by Gasteiger charge is 2.40. The van der Waals surface area contributed by atoms with Gasteiger partial charge in [0.25, 0.3) is 5.91 Å². The number of alkyl halides is 3. The third kappa shape index (κ3) is 5.74. The molecule has 1 aliphatic rings. The van der Waals surface area contributed by atoms with Gasteiger partial charge in [0.2, 0.25) is 0 Å². The predicted octanol–water partition coefficient (Wildman–Crippen LogP) is 4.31. The Bertz CT molecular complexity index is 1150. The summed E-state index contributed by atoms with van der Waals surface area (Å²) in [7, 11) is 2.10. The number of benzene rings is 2. The molecule has 4 rings (SSSR count). The van der Waals surface area contributed by atoms with E-state index < -0.39 is 23.3 Å². The summed E-state index contributed by atoms with van der Waals surface area (Å²) >= 11 is 0. The number of aromatic nitrogens is 2. The van der Waals surface area contributed by atoms with Gasteiger partial charge in [-0.15, -0.1) is 0 Å². The van der Waals surface area contributed by atoms with Gasteiger partial charge in [-0.05, 0) is 37.6 Å². The number of amides is 1. The van der Waals surface area contributed by atoms with E-state index in [9.17, 15) is 18.0 Å². The van der Waals surface area contributed by atoms with Crippen molar-refractivity contribution in [2.24, 2.45) is 0 Å². The number of carbonyl (C=O) groups excluding carboxylic acids is 1. The number of halogens is 3. The van der Waals surface area contributed by atoms with Gasteiger partial charge in [0.1, 0.15) is 0 Å². The van der Waals surface area contributed by atoms with Crippen LogP contribution in [-0.4, -0.2) is 65.3 Å². The Balaban J connectivity index is 1.41. The van der Waals surface area contributed by atoms with E-state index in [-0.39, 0.29) is 12.6 Å². The molecule has 1 aliphatic heterocycles. The average molecular weight is 486 g/mol. The second-order valence-electron chi connectivity index (χ2n) is 8.94. The van der Waals surface area contributed by atoms with E-state index in [0.717, 1.165) is 37.1 Å². The van der Waals surface area contributed by atoms with Crippen molar-refractivity contribution in [3.8, 4) is 5.69 Å². The van der Waals surface area contributed by atoms with Crippen LogP contribution < -0.4 is 5.32 Å². The van der Waals surface area contributed by atoms with Crippen LogP contribution in [0.3, 0.4) is 0 Å². The van der Waals surface area contributed by atoms with Crippen LogP contribution in [0.25, 0.3) is 5.69 Å². The van der Waals surface area contributed by atoms with E-state index in [1.807, 2.05) is 18.2 Å². The number of carbonyl (C=O) groups is 1. The summed E-state index contributed by atoms with van der Waals surface area (Å²) in [6.45, 7) is 5.47. The Morgan fingerprint density at radius 3 is 2.51 bits per heavy atom. The number of nitrogens with zero attached hydrogens (tertiary/aromatic N) is 4. The van der Waals surface area contributed by atoms with Gasteiger partial charge in [-0.2, -0.15) is 18.3 Å². The zero-order chi connectivity index (χ0) is 25.0. The Morgan fingerprint density at radius 1 is 1.09 bits per heavy atom. The third-order valence-electron chi connectivity index (χ3n) is 6.41. The minimum Gasteiger partial charge on any atom is -0.352 e. The molecule has 0 aliphatic carbocycles. The molecular formula is C26H30F3N5O. The van der Waals surface area contributed by atoms with Crippen LogP contribution in [0, 0.1) is 6.92 Å². The second-order valence-corrected chi connectivity index (χ2v) is 8.94. The third-order valence-corrected chi connectivity index (χ3v) is 6.41. The monoisotopic (exact) mass is 485 g/mol. The molecule has 1 saturated heterocycles. The first-order valence-corrected chi connectivity index (χ1v) is 11.7. The van der Waals surface area contributed by atoms with Gasteiger partial charge < -0.3 is 10.2 Å². The molecule has 186 valence electrons. The number of piperazine rings is 1. The Labute approximate surface area is 203 Å². The smallest absolute Gasteiger partial charge is 0.352 e. The lowest BCUT2D eigenvalue weighted by Crippen LogP contribution is -2.47. The number of likely N-dealkylation sites (N-methyl/N-ethyl adjacent to an activating group) is 1. The topological polar surface area (TPSA) is 53.4 Å². The summed E-state index contributed by atoms with van der Waals surface area (Å²) in [6, 6.07) is 17.2. The number of hydrogen-bond donors (Lipinski definition) is 1. The number of hydrogen-bond acceptors (Lipinski definition) is 4. The van der Waals surface area contributed by atoms with Crippen molar-refractivity contribution < 1.29 is 18.0 Å². The molecule has 1 N–H and O–H groups in total. The van der Waals surface area contributed by atoms with Crippen LogP contribution >= 0.6 is 0 Å². The van der Waals surface area contributed by atoms with Crippen LogP contribution in [0.4, 0.5) is 13.2 Å². The maximum atomic E-state index is 13.9. The Hall–Kier alpha value is -3.17. The van der Waals surface area contributed by atoms with Crippen LogP contribution in [0.15, 0.2) is 60.8 Å². The summed E-state index contributed by atoms with van der Waals surface area (Å²) in [6.07, 6.45) is -3.10. The van der Waals surface area contributed by atoms with Crippen molar-refractivity contribution in [1.82, 2.24) is 24.9 Å². The van der Waals surface area contributed by atoms with Gasteiger partial charge in [-0.3, -0.25) is 9.69 Å². The van der Waals surface area contributed by atoms with Crippen molar-refractivity contribution >= 4 is 5.91 Å². The van der Waals surface area contributed by atoms with Crippen molar-refractivity contribution in [3.05, 3.63) is 83.2 Å². The van der Waals surface area contributed by atoms with E-state index in [2.05, 4.69) is 39.4 Å². The second kappa shape index (κ2) is 10.6. The maximum absolute atomic E-state index is 13.9. The minimum absolute atomic E-state index is 0.245. The summed E-state index contributed by atoms with van der Waals surface area (Å²) in [5, 5.41) is 6.57. The first kappa shape index (κ1) is 24.9. The fraction of sp³-hybridized carbons (Fsp3) is 0.385. The number of rotatable bonds is 7. The van der Waals surface area contributed by atoms with Gasteiger partial charge in [0.05, 0.1) is 17.4 Å². The SMILES string of the molecule is Cc1ccccc1-n1ncc(C(=O)NCCCN2CCN(C)CC2c2ccccc2)c1C(F)(F)F. The molecule has 1 fully saturated rings. The van der Waals surface area contributed by atoms with E-state index in [0.29, 0.717) is 17.7 Å². The molecule has 3 aromatic rings. The standard InChI is InChI=1S/C26H30F3N5O/c1-19-9-6-7-12-22(19)34-24(26(27,28)29)21(17-31-34)25(35)30-13-8-14-33-16-15-32(2)18-23(33)20-10-4-3-5-11-20/h3-7,9-12,17,23H,8,13-16,18H2,1-2H3,(H,30,35). The summed E-state index contributed by atoms with van der Waals surface area (Å²) < 4.78 is 42.6. The highest BCUT2D eigenvalue weighted by atomic mass is 19.4. The van der Waals surface area contributed by atoms with Crippen LogP contribution in [0.5, 0.6) is 0 Å². The van der Waals surface area contributed by atoms with Crippen molar-refractivity contribution in [2.45, 2.75) is 25.6 Å². The van der Waals surface area contributed by atoms with Crippen molar-refractivity contribution in [2.75, 3.05) is 39.8 Å². The number of nitrogens with one attached hydrogen (secondary N) is 1. The Kier molecular flexibility index (Phi) is 7.57. The molecule has 2 heterocycles. The lowest BCUT2D eigenvalue weighted by Gasteiger charge is -2.40. The number of aryl methyl sites for hydroxylation is 1. The van der Waals surface area contributed by atoms with Gasteiger partial charge in [-0.25, -0.2) is 4.68 Å². The molecule has 0 saturated carbocycles. The Morgan fingerprint density at radius 2 is 1.80 bits per heavy atom. The first-order chi connectivity index (χ1) is 16.8. The van der Waals surface area contributed by atoms with Crippen LogP contribution in [-0.2, 0) is 6.18 Å². The molecule has 1 unspecified atom stereocenters. The van der Waals surface area contributed by atoms with E-state index in [1.54, 1.807) is 31.2 Å². The van der Waals surface area contributed by atoms with Crippen molar-refractivity contribution in [3.63, 3.8) is 0 Å². The van der Waals surface area contributed by atoms with Gasteiger partial charge in [0.15, 0.2) is 5.69 Å². The van der Waals surface area contributed by atoms with Crippen LogP contribution in [0.1, 0.15) is 39.6 Å². The summed E-state index contributed by atoms with van der Waals surface area (Å²) in [4.78, 5) is 17.4. The molecule has 1 aromatic heterocycles. The van der Waals surface area contributed by atoms with E-state index >= 15 is 0 Å². The fourth-order valence-electron chi connectivity index (χ4n) is 4.57. The van der Waals surface area contributed by atoms with Gasteiger partial charge in [-0.1, -0.05) is 48.5 Å². The highest BCUT2D eigenvalue weighted by Crippen LogP contribution is 2.34. The molecule has 6 nitrogen and oxygen atoms in total. The average Bonchev–Trinajstić information content (AvgIpc) is 3.29. The molecule has 1 atom stereocenters. The van der Waals surface area contributed by atoms with Crippen LogP contribution in [0.2, 0.25) is 0 Å². The first-order valence-electron chi connectivity index (χ1n) is 11.7. The molecule has 1 amide bonds. The predicted molar refractivity (Wildman–Crippen MR) is 129 cm³/mol. The molecule has 0 spiro atoms. The molecule has 0 radical (unpaired) electrons. The minimum atomic E-state index is -4.73. The molecule has 9 heteroatoms. The lowest BCUT2D eigenvalue weighted by atomic mass is 10.0. The zero-order valence-electron chi connectivity index (χ0n) is 19.9. The van der Waals surface area contributed by atoms with Crippen molar-refractivity contribution in [1.29, 1.82) is 0 Å².